The number of rotatable bonds is 6. The number of likely N-dealkylation sites (tertiary alicyclic amines) is 1. The van der Waals surface area contributed by atoms with Crippen LogP contribution in [0.3, 0.4) is 0 Å². The van der Waals surface area contributed by atoms with Crippen LogP contribution in [-0.4, -0.2) is 52.5 Å². The smallest absolute Gasteiger partial charge is 0.261 e. The molecule has 0 amide bonds. The van der Waals surface area contributed by atoms with Crippen LogP contribution in [0.1, 0.15) is 30.1 Å². The number of Topliss-reactive ketones (excluding diaryl/α,β-unsaturated/α-hetero) is 1. The fraction of sp³-hybridized carbons (Fsp3) is 0.500. The fourth-order valence-electron chi connectivity index (χ4n) is 2.75. The van der Waals surface area contributed by atoms with Crippen LogP contribution in [0, 0.1) is 0 Å². The zero-order valence-corrected chi connectivity index (χ0v) is 13.0. The van der Waals surface area contributed by atoms with Gasteiger partial charge in [0.15, 0.2) is 5.78 Å². The number of carbonyl (C=O) groups is 1. The third-order valence-corrected chi connectivity index (χ3v) is 4.04. The Morgan fingerprint density at radius 1 is 1.43 bits per heavy atom. The van der Waals surface area contributed by atoms with E-state index in [9.17, 15) is 13.6 Å². The van der Waals surface area contributed by atoms with Crippen molar-refractivity contribution < 1.29 is 18.3 Å². The first-order valence-electron chi connectivity index (χ1n) is 7.72. The summed E-state index contributed by atoms with van der Waals surface area (Å²) in [6, 6.07) is 3.55. The van der Waals surface area contributed by atoms with Gasteiger partial charge in [-0.25, -0.2) is 13.3 Å². The number of carbonyl (C=O) groups excluding carboxylic acids is 1. The Balaban J connectivity index is 1.60. The van der Waals surface area contributed by atoms with E-state index in [4.69, 9.17) is 4.74 Å². The molecule has 3 rings (SSSR count). The zero-order chi connectivity index (χ0) is 16.4. The Bertz CT molecular complexity index is 714. The molecule has 0 aromatic carbocycles. The second kappa shape index (κ2) is 6.23. The molecule has 2 aromatic rings. The van der Waals surface area contributed by atoms with Gasteiger partial charge in [-0.3, -0.25) is 9.69 Å². The Kier molecular flexibility index (Phi) is 4.30. The van der Waals surface area contributed by atoms with Crippen LogP contribution in [-0.2, 0) is 0 Å². The molecule has 5 nitrogen and oxygen atoms in total. The number of ether oxygens (including phenoxy) is 1. The molecule has 1 fully saturated rings. The fourth-order valence-corrected chi connectivity index (χ4v) is 2.75. The van der Waals surface area contributed by atoms with E-state index in [1.54, 1.807) is 33.9 Å². The molecule has 0 N–H and O–H groups in total. The molecule has 0 spiro atoms. The van der Waals surface area contributed by atoms with Crippen molar-refractivity contribution in [1.29, 1.82) is 0 Å². The molecule has 0 saturated carbocycles. The molecule has 1 aliphatic rings. The van der Waals surface area contributed by atoms with Crippen LogP contribution < -0.4 is 4.74 Å². The summed E-state index contributed by atoms with van der Waals surface area (Å²) in [5.74, 6) is -1.93. The predicted molar refractivity (Wildman–Crippen MR) is 81.3 cm³/mol. The Morgan fingerprint density at radius 3 is 2.96 bits per heavy atom. The molecule has 0 unspecified atom stereocenters. The van der Waals surface area contributed by atoms with Crippen LogP contribution in [0.25, 0.3) is 5.52 Å². The molecule has 124 valence electrons. The lowest BCUT2D eigenvalue weighted by atomic mass is 10.1. The van der Waals surface area contributed by atoms with Crippen LogP contribution in [0.15, 0.2) is 24.5 Å². The van der Waals surface area contributed by atoms with Crippen LogP contribution in [0.5, 0.6) is 5.75 Å². The lowest BCUT2D eigenvalue weighted by Crippen LogP contribution is -2.29. The average molecular weight is 323 g/mol. The van der Waals surface area contributed by atoms with Crippen LogP contribution >= 0.6 is 0 Å². The Labute approximate surface area is 132 Å². The molecule has 0 bridgehead atoms. The minimum absolute atomic E-state index is 0.0450. The molecule has 1 saturated heterocycles. The van der Waals surface area contributed by atoms with Gasteiger partial charge in [0, 0.05) is 25.9 Å². The highest BCUT2D eigenvalue weighted by molar-refractivity contribution is 6.01. The Hall–Kier alpha value is -2.02. The molecule has 0 atom stereocenters. The summed E-state index contributed by atoms with van der Waals surface area (Å²) in [5.41, 5.74) is 1.33. The van der Waals surface area contributed by atoms with E-state index in [0.29, 0.717) is 37.4 Å². The number of fused-ring (bicyclic) bond motifs is 1. The van der Waals surface area contributed by atoms with Crippen molar-refractivity contribution >= 4 is 11.3 Å². The average Bonchev–Trinajstić information content (AvgIpc) is 3.09. The third kappa shape index (κ3) is 3.50. The van der Waals surface area contributed by atoms with Crippen molar-refractivity contribution in [3.63, 3.8) is 0 Å². The summed E-state index contributed by atoms with van der Waals surface area (Å²) >= 11 is 0. The number of pyridine rings is 1. The molecular weight excluding hydrogens is 304 g/mol. The van der Waals surface area contributed by atoms with E-state index in [1.165, 1.54) is 0 Å². The second-order valence-corrected chi connectivity index (χ2v) is 5.76. The van der Waals surface area contributed by atoms with Gasteiger partial charge in [-0.1, -0.05) is 6.92 Å². The molecule has 0 aliphatic carbocycles. The molecule has 7 heteroatoms. The number of alkyl halides is 2. The highest BCUT2D eigenvalue weighted by atomic mass is 19.3. The standard InChI is InChI=1S/C16H19F2N3O2/c1-2-15(22)13-9-19-21-10-12(3-4-14(13)21)23-8-7-20-6-5-16(17,18)11-20/h3-4,9-10H,2,5-8,11H2,1H3. The van der Waals surface area contributed by atoms with E-state index in [-0.39, 0.29) is 18.7 Å². The minimum atomic E-state index is -2.57. The zero-order valence-electron chi connectivity index (χ0n) is 13.0. The number of hydrogen-bond acceptors (Lipinski definition) is 4. The molecule has 1 aliphatic heterocycles. The first-order valence-corrected chi connectivity index (χ1v) is 7.72. The van der Waals surface area contributed by atoms with Crippen molar-refractivity contribution in [2.75, 3.05) is 26.2 Å². The van der Waals surface area contributed by atoms with Crippen LogP contribution in [0.4, 0.5) is 8.78 Å². The summed E-state index contributed by atoms with van der Waals surface area (Å²) < 4.78 is 33.4. The SMILES string of the molecule is CCC(=O)c1cnn2cc(OCCN3CCC(F)(F)C3)ccc12. The van der Waals surface area contributed by atoms with Gasteiger partial charge in [0.05, 0.1) is 30.0 Å². The van der Waals surface area contributed by atoms with Gasteiger partial charge < -0.3 is 4.74 Å². The topological polar surface area (TPSA) is 46.8 Å². The first kappa shape index (κ1) is 15.9. The van der Waals surface area contributed by atoms with E-state index in [1.807, 2.05) is 6.92 Å². The van der Waals surface area contributed by atoms with Gasteiger partial charge >= 0.3 is 0 Å². The first-order chi connectivity index (χ1) is 11.0. The quantitative estimate of drug-likeness (QED) is 0.767. The van der Waals surface area contributed by atoms with Crippen molar-refractivity contribution in [1.82, 2.24) is 14.5 Å². The number of hydrogen-bond donors (Lipinski definition) is 0. The molecular formula is C16H19F2N3O2. The van der Waals surface area contributed by atoms with Crippen molar-refractivity contribution in [2.45, 2.75) is 25.7 Å². The molecule has 0 radical (unpaired) electrons. The van der Waals surface area contributed by atoms with Gasteiger partial charge in [-0.05, 0) is 12.1 Å². The minimum Gasteiger partial charge on any atom is -0.491 e. The Morgan fingerprint density at radius 2 is 2.26 bits per heavy atom. The van der Waals surface area contributed by atoms with Gasteiger partial charge in [0.2, 0.25) is 0 Å². The maximum atomic E-state index is 13.1. The molecule has 2 aromatic heterocycles. The highest BCUT2D eigenvalue weighted by Crippen LogP contribution is 2.26. The largest absolute Gasteiger partial charge is 0.491 e. The highest BCUT2D eigenvalue weighted by Gasteiger charge is 2.37. The third-order valence-electron chi connectivity index (χ3n) is 4.04. The van der Waals surface area contributed by atoms with Crippen molar-refractivity contribution in [3.05, 3.63) is 30.1 Å². The summed E-state index contributed by atoms with van der Waals surface area (Å²) in [5, 5.41) is 4.16. The van der Waals surface area contributed by atoms with Gasteiger partial charge in [0.1, 0.15) is 12.4 Å². The second-order valence-electron chi connectivity index (χ2n) is 5.76. The van der Waals surface area contributed by atoms with Crippen molar-refractivity contribution in [2.24, 2.45) is 0 Å². The van der Waals surface area contributed by atoms with Crippen molar-refractivity contribution in [3.8, 4) is 5.75 Å². The lowest BCUT2D eigenvalue weighted by Gasteiger charge is -2.15. The van der Waals surface area contributed by atoms with Gasteiger partial charge in [-0.15, -0.1) is 0 Å². The maximum absolute atomic E-state index is 13.1. The van der Waals surface area contributed by atoms with Gasteiger partial charge in [0.25, 0.3) is 5.92 Å². The summed E-state index contributed by atoms with van der Waals surface area (Å²) in [4.78, 5) is 13.5. The molecule has 23 heavy (non-hydrogen) atoms. The lowest BCUT2D eigenvalue weighted by molar-refractivity contribution is 0.0112. The summed E-state index contributed by atoms with van der Waals surface area (Å²) in [6.45, 7) is 2.81. The number of nitrogens with zero attached hydrogens (tertiary/aromatic N) is 3. The maximum Gasteiger partial charge on any atom is 0.261 e. The van der Waals surface area contributed by atoms with E-state index in [2.05, 4.69) is 5.10 Å². The number of aromatic nitrogens is 2. The monoisotopic (exact) mass is 323 g/mol. The van der Waals surface area contributed by atoms with E-state index >= 15 is 0 Å². The number of halogens is 2. The number of ketones is 1. The van der Waals surface area contributed by atoms with Gasteiger partial charge in [-0.2, -0.15) is 5.10 Å². The summed E-state index contributed by atoms with van der Waals surface area (Å²) in [7, 11) is 0. The molecule has 3 heterocycles. The normalized spacial score (nSPS) is 17.7. The van der Waals surface area contributed by atoms with Crippen LogP contribution in [0.2, 0.25) is 0 Å². The van der Waals surface area contributed by atoms with E-state index < -0.39 is 5.92 Å². The van der Waals surface area contributed by atoms with E-state index in [0.717, 1.165) is 5.52 Å². The summed E-state index contributed by atoms with van der Waals surface area (Å²) in [6.07, 6.45) is 3.60. The predicted octanol–water partition coefficient (Wildman–Crippen LogP) is 2.65.